The SMILES string of the molecule is Cc1ccc(NC(=O)COc2c(Cl)cc(C=Nn3c(C(C)(C)C)nc4ccc(Br)cc4c3=O)cc2[N+](=O)[O-])cc1. The first kappa shape index (κ1) is 28.9. The summed E-state index contributed by atoms with van der Waals surface area (Å²) in [6.45, 7) is 7.12. The molecule has 4 aromatic rings. The van der Waals surface area contributed by atoms with Gasteiger partial charge in [-0.15, -0.1) is 0 Å². The van der Waals surface area contributed by atoms with Crippen LogP contribution in [0.25, 0.3) is 10.9 Å². The van der Waals surface area contributed by atoms with Crippen molar-refractivity contribution < 1.29 is 14.5 Å². The molecule has 1 N–H and O–H groups in total. The van der Waals surface area contributed by atoms with Crippen LogP contribution in [0.2, 0.25) is 5.02 Å². The van der Waals surface area contributed by atoms with Crippen LogP contribution in [-0.4, -0.2) is 33.3 Å². The Hall–Kier alpha value is -4.09. The number of aryl methyl sites for hydroxylation is 1. The largest absolute Gasteiger partial charge is 0.476 e. The van der Waals surface area contributed by atoms with E-state index >= 15 is 0 Å². The van der Waals surface area contributed by atoms with Gasteiger partial charge in [0, 0.05) is 27.2 Å². The smallest absolute Gasteiger partial charge is 0.313 e. The average Bonchev–Trinajstić information content (AvgIpc) is 2.88. The molecular weight excluding hydrogens is 602 g/mol. The van der Waals surface area contributed by atoms with Gasteiger partial charge in [-0.2, -0.15) is 9.78 Å². The van der Waals surface area contributed by atoms with Crippen LogP contribution in [0.4, 0.5) is 11.4 Å². The molecular formula is C28H25BrClN5O5. The minimum absolute atomic E-state index is 0.0947. The van der Waals surface area contributed by atoms with Crippen LogP contribution in [0, 0.1) is 17.0 Å². The first-order valence-corrected chi connectivity index (χ1v) is 13.2. The number of hydrogen-bond acceptors (Lipinski definition) is 7. The number of halogens is 2. The van der Waals surface area contributed by atoms with Gasteiger partial charge in [-0.05, 0) is 43.3 Å². The number of fused-ring (bicyclic) bond motifs is 1. The second-order valence-corrected chi connectivity index (χ2v) is 11.3. The minimum atomic E-state index is -0.668. The highest BCUT2D eigenvalue weighted by Crippen LogP contribution is 2.36. The van der Waals surface area contributed by atoms with Crippen molar-refractivity contribution in [3.8, 4) is 5.75 Å². The molecule has 0 aliphatic heterocycles. The van der Waals surface area contributed by atoms with Crippen molar-refractivity contribution in [1.82, 2.24) is 9.66 Å². The molecule has 0 saturated carbocycles. The third-order valence-electron chi connectivity index (χ3n) is 5.73. The molecule has 0 aliphatic carbocycles. The Morgan fingerprint density at radius 2 is 1.90 bits per heavy atom. The van der Waals surface area contributed by atoms with Gasteiger partial charge in [0.05, 0.1) is 27.1 Å². The maximum atomic E-state index is 13.4. The fraction of sp³-hybridized carbons (Fsp3) is 0.214. The van der Waals surface area contributed by atoms with Crippen LogP contribution in [0.1, 0.15) is 37.7 Å². The molecule has 0 radical (unpaired) electrons. The molecule has 1 aromatic heterocycles. The molecule has 206 valence electrons. The van der Waals surface area contributed by atoms with Crippen LogP contribution in [0.5, 0.6) is 5.75 Å². The number of carbonyl (C=O) groups is 1. The van der Waals surface area contributed by atoms with Gasteiger partial charge in [0.25, 0.3) is 11.5 Å². The average molecular weight is 627 g/mol. The van der Waals surface area contributed by atoms with Gasteiger partial charge in [-0.1, -0.05) is 66.0 Å². The molecule has 1 heterocycles. The number of anilines is 1. The predicted molar refractivity (Wildman–Crippen MR) is 159 cm³/mol. The standard InChI is InChI=1S/C28H25BrClN5O5/c1-16-5-8-19(9-6-16)32-24(36)15-40-25-21(30)11-17(12-23(25)35(38)39)14-31-34-26(37)20-13-18(29)7-10-22(20)33-27(34)28(2,3)4/h5-14H,15H2,1-4H3,(H,32,36). The quantitative estimate of drug-likeness (QED) is 0.147. The van der Waals surface area contributed by atoms with Crippen molar-refractivity contribution >= 4 is 61.9 Å². The molecule has 12 heteroatoms. The molecule has 3 aromatic carbocycles. The minimum Gasteiger partial charge on any atom is -0.476 e. The molecule has 0 bridgehead atoms. The number of nitro benzene ring substituents is 1. The van der Waals surface area contributed by atoms with Crippen molar-refractivity contribution in [2.75, 3.05) is 11.9 Å². The van der Waals surface area contributed by atoms with E-state index < -0.39 is 34.1 Å². The van der Waals surface area contributed by atoms with Crippen molar-refractivity contribution in [2.24, 2.45) is 5.10 Å². The number of benzene rings is 3. The van der Waals surface area contributed by atoms with Crippen LogP contribution in [0.3, 0.4) is 0 Å². The highest BCUT2D eigenvalue weighted by Gasteiger charge is 2.24. The summed E-state index contributed by atoms with van der Waals surface area (Å²) in [6, 6.07) is 14.9. The number of nitrogens with one attached hydrogen (secondary N) is 1. The van der Waals surface area contributed by atoms with Gasteiger partial charge in [-0.3, -0.25) is 19.7 Å². The molecule has 0 fully saturated rings. The molecule has 0 unspecified atom stereocenters. The van der Waals surface area contributed by atoms with Gasteiger partial charge in [0.2, 0.25) is 5.75 Å². The number of nitro groups is 1. The summed E-state index contributed by atoms with van der Waals surface area (Å²) in [5.41, 5.74) is 0.966. The van der Waals surface area contributed by atoms with E-state index in [2.05, 4.69) is 31.3 Å². The normalized spacial score (nSPS) is 11.7. The number of hydrogen-bond donors (Lipinski definition) is 1. The number of ether oxygens (including phenoxy) is 1. The fourth-order valence-electron chi connectivity index (χ4n) is 3.79. The summed E-state index contributed by atoms with van der Waals surface area (Å²) in [7, 11) is 0. The monoisotopic (exact) mass is 625 g/mol. The molecule has 0 atom stereocenters. The van der Waals surface area contributed by atoms with Crippen LogP contribution in [0.15, 0.2) is 69.0 Å². The number of rotatable bonds is 7. The molecule has 10 nitrogen and oxygen atoms in total. The summed E-state index contributed by atoms with van der Waals surface area (Å²) in [6.07, 6.45) is 1.29. The first-order valence-electron chi connectivity index (χ1n) is 12.1. The zero-order valence-corrected chi connectivity index (χ0v) is 24.4. The molecule has 0 saturated heterocycles. The first-order chi connectivity index (χ1) is 18.8. The van der Waals surface area contributed by atoms with Gasteiger partial charge < -0.3 is 10.1 Å². The lowest BCUT2D eigenvalue weighted by Gasteiger charge is -2.20. The Bertz CT molecular complexity index is 1710. The zero-order chi connectivity index (χ0) is 29.2. The van der Waals surface area contributed by atoms with E-state index in [1.165, 1.54) is 23.0 Å². The summed E-state index contributed by atoms with van der Waals surface area (Å²) < 4.78 is 7.33. The topological polar surface area (TPSA) is 129 Å². The Morgan fingerprint density at radius 3 is 2.55 bits per heavy atom. The Balaban J connectivity index is 1.65. The molecule has 0 spiro atoms. The van der Waals surface area contributed by atoms with E-state index in [0.29, 0.717) is 26.9 Å². The van der Waals surface area contributed by atoms with Crippen LogP contribution >= 0.6 is 27.5 Å². The van der Waals surface area contributed by atoms with Crippen LogP contribution in [-0.2, 0) is 10.2 Å². The van der Waals surface area contributed by atoms with Crippen molar-refractivity contribution in [2.45, 2.75) is 33.1 Å². The maximum absolute atomic E-state index is 13.4. The van der Waals surface area contributed by atoms with Crippen molar-refractivity contribution in [3.05, 3.63) is 102 Å². The second-order valence-electron chi connectivity index (χ2n) is 10.0. The predicted octanol–water partition coefficient (Wildman–Crippen LogP) is 6.23. The third-order valence-corrected chi connectivity index (χ3v) is 6.50. The maximum Gasteiger partial charge on any atom is 0.313 e. The van der Waals surface area contributed by atoms with Gasteiger partial charge in [0.15, 0.2) is 6.61 Å². The highest BCUT2D eigenvalue weighted by molar-refractivity contribution is 9.10. The summed E-state index contributed by atoms with van der Waals surface area (Å²) >= 11 is 9.72. The summed E-state index contributed by atoms with van der Waals surface area (Å²) in [5.74, 6) is -0.360. The Morgan fingerprint density at radius 1 is 1.20 bits per heavy atom. The van der Waals surface area contributed by atoms with E-state index in [1.807, 2.05) is 39.8 Å². The van der Waals surface area contributed by atoms with E-state index in [-0.39, 0.29) is 16.3 Å². The summed E-state index contributed by atoms with van der Waals surface area (Å²) in [4.78, 5) is 41.5. The lowest BCUT2D eigenvalue weighted by Crippen LogP contribution is -2.29. The van der Waals surface area contributed by atoms with Gasteiger partial charge in [0.1, 0.15) is 5.82 Å². The lowest BCUT2D eigenvalue weighted by atomic mass is 9.95. The summed E-state index contributed by atoms with van der Waals surface area (Å²) in [5, 5.41) is 19.1. The number of amides is 1. The fourth-order valence-corrected chi connectivity index (χ4v) is 4.43. The van der Waals surface area contributed by atoms with Crippen LogP contribution < -0.4 is 15.6 Å². The van der Waals surface area contributed by atoms with Crippen molar-refractivity contribution in [1.29, 1.82) is 0 Å². The van der Waals surface area contributed by atoms with Gasteiger partial charge >= 0.3 is 5.69 Å². The zero-order valence-electron chi connectivity index (χ0n) is 22.1. The molecule has 1 amide bonds. The van der Waals surface area contributed by atoms with E-state index in [1.54, 1.807) is 30.3 Å². The number of nitrogens with zero attached hydrogens (tertiary/aromatic N) is 4. The van der Waals surface area contributed by atoms with Crippen molar-refractivity contribution in [3.63, 3.8) is 0 Å². The number of aromatic nitrogens is 2. The Kier molecular flexibility index (Phi) is 8.36. The molecule has 0 aliphatic rings. The van der Waals surface area contributed by atoms with E-state index in [9.17, 15) is 19.7 Å². The molecule has 4 rings (SSSR count). The van der Waals surface area contributed by atoms with E-state index in [0.717, 1.165) is 5.56 Å². The number of carbonyl (C=O) groups excluding carboxylic acids is 1. The highest BCUT2D eigenvalue weighted by atomic mass is 79.9. The third kappa shape index (κ3) is 6.54. The lowest BCUT2D eigenvalue weighted by molar-refractivity contribution is -0.385. The Labute approximate surface area is 242 Å². The van der Waals surface area contributed by atoms with Gasteiger partial charge in [-0.25, -0.2) is 4.98 Å². The molecule has 40 heavy (non-hydrogen) atoms. The van der Waals surface area contributed by atoms with E-state index in [4.69, 9.17) is 16.3 Å². The second kappa shape index (κ2) is 11.6.